The predicted octanol–water partition coefficient (Wildman–Crippen LogP) is 2.35. The molecule has 0 aliphatic carbocycles. The molecule has 3 N–H and O–H groups in total. The van der Waals surface area contributed by atoms with Crippen LogP contribution < -0.4 is 10.6 Å². The average molecular weight is 306 g/mol. The molecule has 2 heterocycles. The highest BCUT2D eigenvalue weighted by atomic mass is 32.1. The van der Waals surface area contributed by atoms with Crippen LogP contribution in [0.15, 0.2) is 18.3 Å². The first-order valence-electron chi connectivity index (χ1n) is 6.23. The molecule has 0 radical (unpaired) electrons. The van der Waals surface area contributed by atoms with E-state index >= 15 is 0 Å². The number of aryl methyl sites for hydroxylation is 1. The van der Waals surface area contributed by atoms with Gasteiger partial charge in [0.1, 0.15) is 15.7 Å². The van der Waals surface area contributed by atoms with Crippen molar-refractivity contribution in [3.05, 3.63) is 28.9 Å². The topological polar surface area (TPSA) is 104 Å². The Labute approximate surface area is 125 Å². The lowest BCUT2D eigenvalue weighted by molar-refractivity contribution is 0.0701. The zero-order valence-electron chi connectivity index (χ0n) is 11.5. The molecule has 2 aromatic rings. The van der Waals surface area contributed by atoms with Crippen molar-refractivity contribution in [2.45, 2.75) is 13.8 Å². The third kappa shape index (κ3) is 3.54. The number of thiazole rings is 1. The van der Waals surface area contributed by atoms with Crippen LogP contribution in [0.4, 0.5) is 10.6 Å². The minimum absolute atomic E-state index is 0.217. The van der Waals surface area contributed by atoms with E-state index in [0.29, 0.717) is 28.6 Å². The summed E-state index contributed by atoms with van der Waals surface area (Å²) in [7, 11) is 0. The van der Waals surface area contributed by atoms with E-state index in [-0.39, 0.29) is 10.9 Å². The maximum atomic E-state index is 11.4. The Morgan fingerprint density at radius 3 is 2.67 bits per heavy atom. The second-order valence-electron chi connectivity index (χ2n) is 4.16. The van der Waals surface area contributed by atoms with Gasteiger partial charge in [-0.15, -0.1) is 11.3 Å². The molecule has 0 unspecified atom stereocenters. The van der Waals surface area contributed by atoms with Gasteiger partial charge < -0.3 is 10.4 Å². The molecule has 110 valence electrons. The molecule has 0 atom stereocenters. The molecule has 0 aliphatic heterocycles. The van der Waals surface area contributed by atoms with Crippen molar-refractivity contribution in [1.29, 1.82) is 0 Å². The van der Waals surface area contributed by atoms with E-state index in [4.69, 9.17) is 5.11 Å². The van der Waals surface area contributed by atoms with Crippen LogP contribution in [0.5, 0.6) is 0 Å². The summed E-state index contributed by atoms with van der Waals surface area (Å²) in [6.07, 6.45) is 1.55. The number of carbonyl (C=O) groups excluding carboxylic acids is 1. The van der Waals surface area contributed by atoms with E-state index in [1.807, 2.05) is 6.92 Å². The number of aromatic nitrogens is 2. The van der Waals surface area contributed by atoms with E-state index in [1.165, 1.54) is 0 Å². The third-order valence-electron chi connectivity index (χ3n) is 2.58. The summed E-state index contributed by atoms with van der Waals surface area (Å²) in [6.45, 7) is 4.00. The molecule has 2 rings (SSSR count). The quantitative estimate of drug-likeness (QED) is 0.804. The fraction of sp³-hybridized carbons (Fsp3) is 0.231. The monoisotopic (exact) mass is 306 g/mol. The molecule has 0 aliphatic rings. The molecule has 0 spiro atoms. The molecule has 0 aromatic carbocycles. The SMILES string of the molecule is CCNC(=O)Nc1ccc(-c2nc(C)c(C(=O)O)s2)cn1. The summed E-state index contributed by atoms with van der Waals surface area (Å²) in [5.74, 6) is -0.574. The molecule has 2 aromatic heterocycles. The van der Waals surface area contributed by atoms with Gasteiger partial charge in [-0.25, -0.2) is 19.6 Å². The van der Waals surface area contributed by atoms with Crippen LogP contribution in [-0.2, 0) is 0 Å². The molecule has 21 heavy (non-hydrogen) atoms. The van der Waals surface area contributed by atoms with Gasteiger partial charge in [0, 0.05) is 18.3 Å². The smallest absolute Gasteiger partial charge is 0.347 e. The summed E-state index contributed by atoms with van der Waals surface area (Å²) < 4.78 is 0. The van der Waals surface area contributed by atoms with E-state index in [0.717, 1.165) is 11.3 Å². The van der Waals surface area contributed by atoms with E-state index in [2.05, 4.69) is 20.6 Å². The number of amides is 2. The van der Waals surface area contributed by atoms with Crippen LogP contribution in [0.3, 0.4) is 0 Å². The minimum atomic E-state index is -0.987. The summed E-state index contributed by atoms with van der Waals surface area (Å²) in [5.41, 5.74) is 1.18. The van der Waals surface area contributed by atoms with Crippen LogP contribution in [-0.4, -0.2) is 33.6 Å². The Hall–Kier alpha value is -2.48. The number of nitrogens with one attached hydrogen (secondary N) is 2. The van der Waals surface area contributed by atoms with Crippen LogP contribution >= 0.6 is 11.3 Å². The Bertz CT molecular complexity index is 667. The fourth-order valence-electron chi connectivity index (χ4n) is 1.63. The predicted molar refractivity (Wildman–Crippen MR) is 79.7 cm³/mol. The maximum Gasteiger partial charge on any atom is 0.347 e. The normalized spacial score (nSPS) is 10.2. The van der Waals surface area contributed by atoms with Crippen molar-refractivity contribution < 1.29 is 14.7 Å². The lowest BCUT2D eigenvalue weighted by Crippen LogP contribution is -2.28. The first-order valence-corrected chi connectivity index (χ1v) is 7.05. The van der Waals surface area contributed by atoms with Crippen molar-refractivity contribution in [3.8, 4) is 10.6 Å². The zero-order valence-corrected chi connectivity index (χ0v) is 12.3. The highest BCUT2D eigenvalue weighted by Crippen LogP contribution is 2.27. The standard InChI is InChI=1S/C13H14N4O3S/c1-3-14-13(20)17-9-5-4-8(6-15-9)11-16-7(2)10(21-11)12(18)19/h4-6H,3H2,1-2H3,(H,18,19)(H2,14,15,17,20). The van der Waals surface area contributed by atoms with Crippen LogP contribution in [0.1, 0.15) is 22.3 Å². The third-order valence-corrected chi connectivity index (χ3v) is 3.77. The second kappa shape index (κ2) is 6.31. The number of nitrogens with zero attached hydrogens (tertiary/aromatic N) is 2. The number of aromatic carboxylic acids is 1. The van der Waals surface area contributed by atoms with Gasteiger partial charge in [-0.1, -0.05) is 0 Å². The lowest BCUT2D eigenvalue weighted by atomic mass is 10.3. The number of carbonyl (C=O) groups is 2. The molecule has 8 heteroatoms. The molecule has 0 saturated heterocycles. The van der Waals surface area contributed by atoms with Crippen LogP contribution in [0.25, 0.3) is 10.6 Å². The molecule has 2 amide bonds. The Morgan fingerprint density at radius 1 is 1.38 bits per heavy atom. The molecular formula is C13H14N4O3S. The zero-order chi connectivity index (χ0) is 15.4. The van der Waals surface area contributed by atoms with Crippen LogP contribution in [0.2, 0.25) is 0 Å². The van der Waals surface area contributed by atoms with Gasteiger partial charge in [0.15, 0.2) is 0 Å². The Morgan fingerprint density at radius 2 is 2.14 bits per heavy atom. The molecule has 0 bridgehead atoms. The molecule has 0 saturated carbocycles. The van der Waals surface area contributed by atoms with Crippen molar-refractivity contribution in [1.82, 2.24) is 15.3 Å². The average Bonchev–Trinajstić information content (AvgIpc) is 2.82. The number of pyridine rings is 1. The van der Waals surface area contributed by atoms with E-state index in [9.17, 15) is 9.59 Å². The van der Waals surface area contributed by atoms with Crippen molar-refractivity contribution in [2.24, 2.45) is 0 Å². The Kier molecular flexibility index (Phi) is 4.49. The van der Waals surface area contributed by atoms with Gasteiger partial charge >= 0.3 is 12.0 Å². The molecular weight excluding hydrogens is 292 g/mol. The molecule has 0 fully saturated rings. The van der Waals surface area contributed by atoms with E-state index in [1.54, 1.807) is 25.3 Å². The number of hydrogen-bond acceptors (Lipinski definition) is 5. The van der Waals surface area contributed by atoms with Crippen LogP contribution in [0, 0.1) is 6.92 Å². The summed E-state index contributed by atoms with van der Waals surface area (Å²) in [5, 5.41) is 14.8. The van der Waals surface area contributed by atoms with Gasteiger partial charge in [-0.05, 0) is 26.0 Å². The largest absolute Gasteiger partial charge is 0.477 e. The van der Waals surface area contributed by atoms with E-state index < -0.39 is 5.97 Å². The maximum absolute atomic E-state index is 11.4. The summed E-state index contributed by atoms with van der Waals surface area (Å²) in [4.78, 5) is 30.9. The van der Waals surface area contributed by atoms with Crippen molar-refractivity contribution >= 4 is 29.2 Å². The van der Waals surface area contributed by atoms with Gasteiger partial charge in [0.2, 0.25) is 0 Å². The van der Waals surface area contributed by atoms with Crippen molar-refractivity contribution in [2.75, 3.05) is 11.9 Å². The summed E-state index contributed by atoms with van der Waals surface area (Å²) in [6, 6.07) is 3.05. The number of rotatable bonds is 4. The highest BCUT2D eigenvalue weighted by Gasteiger charge is 2.15. The number of hydrogen-bond donors (Lipinski definition) is 3. The van der Waals surface area contributed by atoms with Crippen molar-refractivity contribution in [3.63, 3.8) is 0 Å². The lowest BCUT2D eigenvalue weighted by Gasteiger charge is -2.05. The second-order valence-corrected chi connectivity index (χ2v) is 5.15. The Balaban J connectivity index is 2.17. The van der Waals surface area contributed by atoms with Gasteiger partial charge in [-0.3, -0.25) is 5.32 Å². The fourth-order valence-corrected chi connectivity index (χ4v) is 2.53. The first-order chi connectivity index (χ1) is 10.0. The number of urea groups is 1. The van der Waals surface area contributed by atoms with Gasteiger partial charge in [0.05, 0.1) is 5.69 Å². The number of carboxylic acids is 1. The number of carboxylic acid groups (broad SMARTS) is 1. The van der Waals surface area contributed by atoms with Gasteiger partial charge in [0.25, 0.3) is 0 Å². The summed E-state index contributed by atoms with van der Waals surface area (Å²) >= 11 is 1.10. The molecule has 7 nitrogen and oxygen atoms in total. The number of anilines is 1. The van der Waals surface area contributed by atoms with Gasteiger partial charge in [-0.2, -0.15) is 0 Å². The first kappa shape index (κ1) is 14.9. The minimum Gasteiger partial charge on any atom is -0.477 e. The highest BCUT2D eigenvalue weighted by molar-refractivity contribution is 7.17.